The van der Waals surface area contributed by atoms with Crippen LogP contribution in [-0.4, -0.2) is 26.0 Å². The molecule has 2 heterocycles. The number of carbonyl (C=O) groups excluding carboxylic acids is 1. The van der Waals surface area contributed by atoms with E-state index in [-0.39, 0.29) is 0 Å². The van der Waals surface area contributed by atoms with Gasteiger partial charge in [0.05, 0.1) is 14.7 Å². The van der Waals surface area contributed by atoms with Crippen LogP contribution in [0.2, 0.25) is 19.6 Å². The van der Waals surface area contributed by atoms with Crippen molar-refractivity contribution in [2.24, 2.45) is 0 Å². The van der Waals surface area contributed by atoms with Crippen LogP contribution in [0.15, 0.2) is 6.20 Å². The van der Waals surface area contributed by atoms with E-state index in [4.69, 9.17) is 4.74 Å². The fraction of sp³-hybridized carbons (Fsp3) is 0.538. The van der Waals surface area contributed by atoms with Gasteiger partial charge in [-0.2, -0.15) is 0 Å². The summed E-state index contributed by atoms with van der Waals surface area (Å²) in [4.78, 5) is 14.9. The lowest BCUT2D eigenvalue weighted by Crippen LogP contribution is -2.42. The monoisotopic (exact) mass is 249 g/mol. The van der Waals surface area contributed by atoms with Crippen LogP contribution < -0.4 is 9.92 Å². The molecule has 0 amide bonds. The highest BCUT2D eigenvalue weighted by molar-refractivity contribution is 6.89. The van der Waals surface area contributed by atoms with E-state index in [0.717, 1.165) is 31.6 Å². The average molecular weight is 249 g/mol. The zero-order valence-electron chi connectivity index (χ0n) is 10.7. The van der Waals surface area contributed by atoms with Gasteiger partial charge in [-0.3, -0.25) is 0 Å². The minimum atomic E-state index is -1.42. The fourth-order valence-corrected chi connectivity index (χ4v) is 4.81. The standard InChI is InChI=1S/C13H19NO2Si/c1-17(2,3)12-10(5-4-7-15)9-14-13-11(12)6-8-16-13/h7,9H,4-6,8H2,1-3H3. The Balaban J connectivity index is 2.49. The van der Waals surface area contributed by atoms with Gasteiger partial charge < -0.3 is 9.53 Å². The third-order valence-electron chi connectivity index (χ3n) is 3.09. The lowest BCUT2D eigenvalue weighted by Gasteiger charge is -2.23. The van der Waals surface area contributed by atoms with Gasteiger partial charge in [0.25, 0.3) is 0 Å². The van der Waals surface area contributed by atoms with Crippen LogP contribution in [-0.2, 0) is 17.6 Å². The van der Waals surface area contributed by atoms with Crippen LogP contribution in [0, 0.1) is 0 Å². The molecule has 2 rings (SSSR count). The second-order valence-corrected chi connectivity index (χ2v) is 10.5. The Morgan fingerprint density at radius 3 is 2.88 bits per heavy atom. The average Bonchev–Trinajstić information content (AvgIpc) is 2.71. The maximum atomic E-state index is 10.5. The first-order valence-corrected chi connectivity index (χ1v) is 9.61. The van der Waals surface area contributed by atoms with Crippen LogP contribution in [0.1, 0.15) is 17.5 Å². The van der Waals surface area contributed by atoms with Crippen LogP contribution in [0.5, 0.6) is 5.88 Å². The normalized spacial score (nSPS) is 14.3. The third-order valence-corrected chi connectivity index (χ3v) is 5.21. The van der Waals surface area contributed by atoms with E-state index in [2.05, 4.69) is 24.6 Å². The molecule has 1 aliphatic heterocycles. The summed E-state index contributed by atoms with van der Waals surface area (Å²) in [7, 11) is -1.42. The number of aromatic nitrogens is 1. The van der Waals surface area contributed by atoms with Crippen molar-refractivity contribution < 1.29 is 9.53 Å². The Hall–Kier alpha value is -1.16. The Bertz CT molecular complexity index is 438. The number of nitrogens with zero attached hydrogens (tertiary/aromatic N) is 1. The largest absolute Gasteiger partial charge is 0.477 e. The molecule has 0 fully saturated rings. The Labute approximate surface area is 103 Å². The first-order valence-electron chi connectivity index (χ1n) is 6.11. The maximum Gasteiger partial charge on any atom is 0.216 e. The summed E-state index contributed by atoms with van der Waals surface area (Å²) < 4.78 is 5.54. The van der Waals surface area contributed by atoms with Gasteiger partial charge >= 0.3 is 0 Å². The highest BCUT2D eigenvalue weighted by atomic mass is 28.3. The second-order valence-electron chi connectivity index (χ2n) is 5.50. The molecule has 17 heavy (non-hydrogen) atoms. The molecule has 0 saturated heterocycles. The summed E-state index contributed by atoms with van der Waals surface area (Å²) in [6.07, 6.45) is 5.25. The van der Waals surface area contributed by atoms with Crippen molar-refractivity contribution in [3.63, 3.8) is 0 Å². The minimum Gasteiger partial charge on any atom is -0.477 e. The molecule has 4 heteroatoms. The molecule has 0 atom stereocenters. The van der Waals surface area contributed by atoms with E-state index in [1.165, 1.54) is 16.3 Å². The van der Waals surface area contributed by atoms with Crippen LogP contribution in [0.4, 0.5) is 0 Å². The zero-order valence-corrected chi connectivity index (χ0v) is 11.7. The number of aryl methyl sites for hydroxylation is 1. The van der Waals surface area contributed by atoms with Gasteiger partial charge in [-0.05, 0) is 17.2 Å². The SMILES string of the molecule is C[Si](C)(C)c1c(CCC=O)cnc2c1CCO2. The molecule has 1 aliphatic rings. The second kappa shape index (κ2) is 4.60. The highest BCUT2D eigenvalue weighted by Crippen LogP contribution is 2.24. The number of carbonyl (C=O) groups is 1. The van der Waals surface area contributed by atoms with E-state index >= 15 is 0 Å². The molecule has 0 radical (unpaired) electrons. The van der Waals surface area contributed by atoms with Gasteiger partial charge in [0.15, 0.2) is 0 Å². The first-order chi connectivity index (χ1) is 8.04. The van der Waals surface area contributed by atoms with Crippen LogP contribution in [0.25, 0.3) is 0 Å². The molecular weight excluding hydrogens is 230 g/mol. The molecule has 0 spiro atoms. The van der Waals surface area contributed by atoms with E-state index in [1.54, 1.807) is 0 Å². The number of hydrogen-bond acceptors (Lipinski definition) is 3. The number of aldehydes is 1. The number of rotatable bonds is 4. The first kappa shape index (κ1) is 12.3. The molecule has 0 N–H and O–H groups in total. The molecule has 3 nitrogen and oxygen atoms in total. The van der Waals surface area contributed by atoms with Crippen molar-refractivity contribution in [2.75, 3.05) is 6.61 Å². The molecule has 0 bridgehead atoms. The summed E-state index contributed by atoms with van der Waals surface area (Å²) in [5.74, 6) is 0.817. The van der Waals surface area contributed by atoms with Crippen LogP contribution >= 0.6 is 0 Å². The molecule has 0 aliphatic carbocycles. The van der Waals surface area contributed by atoms with Gasteiger partial charge in [0.2, 0.25) is 5.88 Å². The number of hydrogen-bond donors (Lipinski definition) is 0. The van der Waals surface area contributed by atoms with Gasteiger partial charge in [-0.15, -0.1) is 0 Å². The number of fused-ring (bicyclic) bond motifs is 1. The topological polar surface area (TPSA) is 39.2 Å². The smallest absolute Gasteiger partial charge is 0.216 e. The summed E-state index contributed by atoms with van der Waals surface area (Å²) >= 11 is 0. The van der Waals surface area contributed by atoms with E-state index < -0.39 is 8.07 Å². The summed E-state index contributed by atoms with van der Waals surface area (Å²) in [6, 6.07) is 0. The van der Waals surface area contributed by atoms with Crippen molar-refractivity contribution in [3.8, 4) is 5.88 Å². The van der Waals surface area contributed by atoms with E-state index in [9.17, 15) is 4.79 Å². The lowest BCUT2D eigenvalue weighted by molar-refractivity contribution is -0.107. The van der Waals surface area contributed by atoms with E-state index in [1.807, 2.05) is 6.20 Å². The minimum absolute atomic E-state index is 0.582. The zero-order chi connectivity index (χ0) is 12.5. The highest BCUT2D eigenvalue weighted by Gasteiger charge is 2.29. The van der Waals surface area contributed by atoms with Gasteiger partial charge in [0.1, 0.15) is 6.29 Å². The molecular formula is C13H19NO2Si. The predicted molar refractivity (Wildman–Crippen MR) is 70.8 cm³/mol. The molecule has 92 valence electrons. The van der Waals surface area contributed by atoms with Crippen molar-refractivity contribution >= 4 is 19.5 Å². The molecule has 1 aromatic rings. The van der Waals surface area contributed by atoms with Gasteiger partial charge in [0, 0.05) is 24.6 Å². The molecule has 0 aromatic carbocycles. The van der Waals surface area contributed by atoms with Gasteiger partial charge in [-0.25, -0.2) is 4.98 Å². The van der Waals surface area contributed by atoms with Crippen molar-refractivity contribution in [1.29, 1.82) is 0 Å². The van der Waals surface area contributed by atoms with Crippen molar-refractivity contribution in [2.45, 2.75) is 38.9 Å². The summed E-state index contributed by atoms with van der Waals surface area (Å²) in [5, 5.41) is 1.46. The maximum absolute atomic E-state index is 10.5. The van der Waals surface area contributed by atoms with Crippen molar-refractivity contribution in [1.82, 2.24) is 4.98 Å². The quantitative estimate of drug-likeness (QED) is 0.602. The lowest BCUT2D eigenvalue weighted by atomic mass is 10.1. The summed E-state index contributed by atoms with van der Waals surface area (Å²) in [5.41, 5.74) is 2.55. The number of pyridine rings is 1. The van der Waals surface area contributed by atoms with Crippen molar-refractivity contribution in [3.05, 3.63) is 17.3 Å². The molecule has 0 saturated carbocycles. The molecule has 0 unspecified atom stereocenters. The number of ether oxygens (including phenoxy) is 1. The molecule has 1 aromatic heterocycles. The Morgan fingerprint density at radius 1 is 1.47 bits per heavy atom. The third kappa shape index (κ3) is 2.41. The van der Waals surface area contributed by atoms with Crippen LogP contribution in [0.3, 0.4) is 0 Å². The fourth-order valence-electron chi connectivity index (χ4n) is 2.52. The van der Waals surface area contributed by atoms with Gasteiger partial charge in [-0.1, -0.05) is 19.6 Å². The Kier molecular flexibility index (Phi) is 3.33. The van der Waals surface area contributed by atoms with E-state index in [0.29, 0.717) is 6.42 Å². The summed E-state index contributed by atoms with van der Waals surface area (Å²) in [6.45, 7) is 7.76. The Morgan fingerprint density at radius 2 is 2.24 bits per heavy atom. The predicted octanol–water partition coefficient (Wildman–Crippen LogP) is 1.69.